The van der Waals surface area contributed by atoms with Crippen molar-refractivity contribution in [1.29, 1.82) is 0 Å². The van der Waals surface area contributed by atoms with Gasteiger partial charge in [0, 0.05) is 12.6 Å². The van der Waals surface area contributed by atoms with Crippen LogP contribution in [-0.2, 0) is 0 Å². The molecular weight excluding hydrogens is 243 g/mol. The molecule has 1 aromatic carbocycles. The Morgan fingerprint density at radius 1 is 1.06 bits per heavy atom. The van der Waals surface area contributed by atoms with Gasteiger partial charge in [-0.1, -0.05) is 29.6 Å². The van der Waals surface area contributed by atoms with Crippen LogP contribution in [0.2, 0.25) is 10.0 Å². The Morgan fingerprint density at radius 3 is 2.62 bits per heavy atom. The maximum absolute atomic E-state index is 6.04. The average molecular weight is 257 g/mol. The third kappa shape index (κ3) is 1.74. The van der Waals surface area contributed by atoms with Crippen molar-refractivity contribution in [3.8, 4) is 0 Å². The van der Waals surface area contributed by atoms with Gasteiger partial charge in [-0.05, 0) is 30.9 Å². The minimum atomic E-state index is 0.589. The molecular formula is C12H14Cl2N2. The van der Waals surface area contributed by atoms with E-state index in [1.807, 2.05) is 12.1 Å². The molecule has 86 valence electrons. The molecule has 1 aliphatic carbocycles. The third-order valence-corrected chi connectivity index (χ3v) is 4.34. The number of hydrogen-bond acceptors (Lipinski definition) is 2. The van der Waals surface area contributed by atoms with Gasteiger partial charge < -0.3 is 10.6 Å². The van der Waals surface area contributed by atoms with E-state index in [1.165, 1.54) is 19.3 Å². The Bertz CT molecular complexity index is 420. The second-order valence-corrected chi connectivity index (χ2v) is 5.45. The summed E-state index contributed by atoms with van der Waals surface area (Å²) in [5.74, 6) is 0.727. The predicted molar refractivity (Wildman–Crippen MR) is 69.7 cm³/mol. The highest BCUT2D eigenvalue weighted by atomic mass is 35.5. The lowest BCUT2D eigenvalue weighted by Crippen LogP contribution is -2.25. The number of rotatable bonds is 0. The predicted octanol–water partition coefficient (Wildman–Crippen LogP) is 4.00. The highest BCUT2D eigenvalue weighted by Gasteiger charge is 2.30. The van der Waals surface area contributed by atoms with Gasteiger partial charge in [-0.25, -0.2) is 0 Å². The minimum Gasteiger partial charge on any atom is -0.383 e. The summed E-state index contributed by atoms with van der Waals surface area (Å²) in [6, 6.07) is 4.42. The SMILES string of the molecule is Clc1cc2c(cc1Cl)NC1CCCC1CN2. The van der Waals surface area contributed by atoms with E-state index in [0.717, 1.165) is 23.8 Å². The molecule has 1 aliphatic heterocycles. The molecule has 2 N–H and O–H groups in total. The summed E-state index contributed by atoms with van der Waals surface area (Å²) in [6.07, 6.45) is 3.88. The van der Waals surface area contributed by atoms with Gasteiger partial charge in [0.15, 0.2) is 0 Å². The molecule has 0 aromatic heterocycles. The lowest BCUT2D eigenvalue weighted by molar-refractivity contribution is 0.537. The maximum atomic E-state index is 6.04. The summed E-state index contributed by atoms with van der Waals surface area (Å²) in [7, 11) is 0. The first-order chi connectivity index (χ1) is 7.74. The number of hydrogen-bond donors (Lipinski definition) is 2. The normalized spacial score (nSPS) is 27.4. The number of benzene rings is 1. The van der Waals surface area contributed by atoms with E-state index < -0.39 is 0 Å². The van der Waals surface area contributed by atoms with Crippen LogP contribution < -0.4 is 10.6 Å². The molecule has 2 aliphatic rings. The van der Waals surface area contributed by atoms with E-state index in [2.05, 4.69) is 10.6 Å². The standard InChI is InChI=1S/C12H14Cl2N2/c13-8-4-11-12(5-9(8)14)16-10-3-1-2-7(10)6-15-11/h4-5,7,10,15-16H,1-3,6H2. The first-order valence-electron chi connectivity index (χ1n) is 5.73. The first kappa shape index (κ1) is 10.5. The minimum absolute atomic E-state index is 0.589. The fourth-order valence-corrected chi connectivity index (χ4v) is 3.05. The van der Waals surface area contributed by atoms with Crippen molar-refractivity contribution < 1.29 is 0 Å². The van der Waals surface area contributed by atoms with Gasteiger partial charge in [0.05, 0.1) is 21.4 Å². The van der Waals surface area contributed by atoms with Crippen LogP contribution in [0.1, 0.15) is 19.3 Å². The Labute approximate surface area is 105 Å². The molecule has 0 amide bonds. The molecule has 0 spiro atoms. The van der Waals surface area contributed by atoms with E-state index in [9.17, 15) is 0 Å². The monoisotopic (exact) mass is 256 g/mol. The summed E-state index contributed by atoms with van der Waals surface area (Å²) in [6.45, 7) is 1.03. The van der Waals surface area contributed by atoms with Crippen LogP contribution in [0.25, 0.3) is 0 Å². The zero-order chi connectivity index (χ0) is 11.1. The van der Waals surface area contributed by atoms with Crippen molar-refractivity contribution in [2.45, 2.75) is 25.3 Å². The average Bonchev–Trinajstić information content (AvgIpc) is 2.63. The highest BCUT2D eigenvalue weighted by Crippen LogP contribution is 2.38. The van der Waals surface area contributed by atoms with E-state index >= 15 is 0 Å². The fourth-order valence-electron chi connectivity index (χ4n) is 2.72. The third-order valence-electron chi connectivity index (χ3n) is 3.62. The lowest BCUT2D eigenvalue weighted by Gasteiger charge is -2.17. The van der Waals surface area contributed by atoms with Gasteiger partial charge in [-0.3, -0.25) is 0 Å². The van der Waals surface area contributed by atoms with E-state index in [4.69, 9.17) is 23.2 Å². The van der Waals surface area contributed by atoms with Gasteiger partial charge in [-0.15, -0.1) is 0 Å². The van der Waals surface area contributed by atoms with Crippen LogP contribution in [0.4, 0.5) is 11.4 Å². The second kappa shape index (κ2) is 4.01. The molecule has 1 fully saturated rings. The summed E-state index contributed by atoms with van der Waals surface area (Å²) >= 11 is 12.1. The lowest BCUT2D eigenvalue weighted by atomic mass is 10.0. The summed E-state index contributed by atoms with van der Waals surface area (Å²) < 4.78 is 0. The van der Waals surface area contributed by atoms with Crippen molar-refractivity contribution in [1.82, 2.24) is 0 Å². The largest absolute Gasteiger partial charge is 0.383 e. The van der Waals surface area contributed by atoms with Gasteiger partial charge in [0.1, 0.15) is 0 Å². The summed E-state index contributed by atoms with van der Waals surface area (Å²) in [4.78, 5) is 0. The maximum Gasteiger partial charge on any atom is 0.0614 e. The molecule has 1 heterocycles. The van der Waals surface area contributed by atoms with E-state index in [1.54, 1.807) is 0 Å². The van der Waals surface area contributed by atoms with Crippen LogP contribution in [0.5, 0.6) is 0 Å². The van der Waals surface area contributed by atoms with Crippen LogP contribution in [0.3, 0.4) is 0 Å². The molecule has 0 saturated heterocycles. The Hall–Kier alpha value is -0.600. The highest BCUT2D eigenvalue weighted by molar-refractivity contribution is 6.42. The molecule has 1 saturated carbocycles. The number of anilines is 2. The van der Waals surface area contributed by atoms with Crippen LogP contribution in [-0.4, -0.2) is 12.6 Å². The van der Waals surface area contributed by atoms with Crippen molar-refractivity contribution in [2.75, 3.05) is 17.2 Å². The van der Waals surface area contributed by atoms with Gasteiger partial charge in [0.25, 0.3) is 0 Å². The van der Waals surface area contributed by atoms with Crippen molar-refractivity contribution in [3.63, 3.8) is 0 Å². The van der Waals surface area contributed by atoms with Crippen LogP contribution >= 0.6 is 23.2 Å². The van der Waals surface area contributed by atoms with Gasteiger partial charge in [-0.2, -0.15) is 0 Å². The summed E-state index contributed by atoms with van der Waals surface area (Å²) in [5.41, 5.74) is 2.16. The topological polar surface area (TPSA) is 24.1 Å². The van der Waals surface area contributed by atoms with E-state index in [-0.39, 0.29) is 0 Å². The molecule has 0 radical (unpaired) electrons. The number of halogens is 2. The van der Waals surface area contributed by atoms with Gasteiger partial charge >= 0.3 is 0 Å². The van der Waals surface area contributed by atoms with E-state index in [0.29, 0.717) is 16.1 Å². The number of fused-ring (bicyclic) bond motifs is 2. The molecule has 16 heavy (non-hydrogen) atoms. The molecule has 0 bridgehead atoms. The first-order valence-corrected chi connectivity index (χ1v) is 6.49. The molecule has 2 atom stereocenters. The fraction of sp³-hybridized carbons (Fsp3) is 0.500. The zero-order valence-electron chi connectivity index (χ0n) is 8.89. The second-order valence-electron chi connectivity index (χ2n) is 4.63. The number of nitrogens with one attached hydrogen (secondary N) is 2. The van der Waals surface area contributed by atoms with Crippen LogP contribution in [0.15, 0.2) is 12.1 Å². The van der Waals surface area contributed by atoms with Crippen molar-refractivity contribution in [3.05, 3.63) is 22.2 Å². The van der Waals surface area contributed by atoms with Crippen molar-refractivity contribution >= 4 is 34.6 Å². The molecule has 3 rings (SSSR count). The Morgan fingerprint density at radius 2 is 1.81 bits per heavy atom. The van der Waals surface area contributed by atoms with Crippen molar-refractivity contribution in [2.24, 2.45) is 5.92 Å². The van der Waals surface area contributed by atoms with Gasteiger partial charge in [0.2, 0.25) is 0 Å². The van der Waals surface area contributed by atoms with Crippen LogP contribution in [0, 0.1) is 5.92 Å². The smallest absolute Gasteiger partial charge is 0.0614 e. The molecule has 2 nitrogen and oxygen atoms in total. The Kier molecular flexibility index (Phi) is 2.64. The zero-order valence-corrected chi connectivity index (χ0v) is 10.4. The molecule has 2 unspecified atom stereocenters. The Balaban J connectivity index is 1.97. The summed E-state index contributed by atoms with van der Waals surface area (Å²) in [5, 5.41) is 8.27. The quantitative estimate of drug-likeness (QED) is 0.734. The molecule has 1 aromatic rings. The molecule has 4 heteroatoms.